The lowest BCUT2D eigenvalue weighted by Gasteiger charge is -2.16. The highest BCUT2D eigenvalue weighted by Crippen LogP contribution is 2.45. The number of rotatable bonds is 8. The summed E-state index contributed by atoms with van der Waals surface area (Å²) in [7, 11) is 1.52. The van der Waals surface area contributed by atoms with Gasteiger partial charge in [0.05, 0.1) is 28.7 Å². The van der Waals surface area contributed by atoms with E-state index < -0.39 is 4.92 Å². The third-order valence-corrected chi connectivity index (χ3v) is 6.81. The molecule has 8 nitrogen and oxygen atoms in total. The molecule has 0 saturated carbocycles. The number of carbonyl (C=O) groups excluding carboxylic acids is 1. The first kappa shape index (κ1) is 23.7. The van der Waals surface area contributed by atoms with Crippen LogP contribution in [0.5, 0.6) is 11.5 Å². The summed E-state index contributed by atoms with van der Waals surface area (Å²) in [4.78, 5) is 38.1. The van der Waals surface area contributed by atoms with Gasteiger partial charge in [-0.25, -0.2) is 0 Å². The minimum Gasteiger partial charge on any atom is -0.493 e. The molecule has 3 aromatic carbocycles. The molecule has 36 heavy (non-hydrogen) atoms. The van der Waals surface area contributed by atoms with Crippen LogP contribution in [0, 0.1) is 10.1 Å². The number of nitrogens with zero attached hydrogens (tertiary/aromatic N) is 2. The van der Waals surface area contributed by atoms with Gasteiger partial charge in [0.25, 0.3) is 11.2 Å². The molecule has 1 aliphatic carbocycles. The van der Waals surface area contributed by atoms with Gasteiger partial charge in [-0.3, -0.25) is 19.7 Å². The number of carbonyl (C=O) groups is 1. The van der Waals surface area contributed by atoms with Crippen LogP contribution in [-0.4, -0.2) is 27.7 Å². The van der Waals surface area contributed by atoms with Crippen molar-refractivity contribution in [3.05, 3.63) is 97.8 Å². The Morgan fingerprint density at radius 1 is 0.972 bits per heavy atom. The van der Waals surface area contributed by atoms with E-state index in [-0.39, 0.29) is 22.4 Å². The Morgan fingerprint density at radius 2 is 1.72 bits per heavy atom. The van der Waals surface area contributed by atoms with Gasteiger partial charge < -0.3 is 14.0 Å². The summed E-state index contributed by atoms with van der Waals surface area (Å²) >= 11 is 3.40. The molecule has 0 bridgehead atoms. The van der Waals surface area contributed by atoms with Gasteiger partial charge in [0.1, 0.15) is 6.61 Å². The van der Waals surface area contributed by atoms with Crippen molar-refractivity contribution in [2.24, 2.45) is 0 Å². The molecular weight excluding hydrogens is 528 g/mol. The zero-order chi connectivity index (χ0) is 25.4. The number of aromatic nitrogens is 1. The number of hydrogen-bond acceptors (Lipinski definition) is 6. The number of benzene rings is 3. The Morgan fingerprint density at radius 3 is 2.42 bits per heavy atom. The van der Waals surface area contributed by atoms with Gasteiger partial charge in [-0.1, -0.05) is 46.3 Å². The summed E-state index contributed by atoms with van der Waals surface area (Å²) in [6.45, 7) is 0.631. The van der Waals surface area contributed by atoms with Crippen molar-refractivity contribution in [1.82, 2.24) is 4.57 Å². The molecular formula is C27H21BrN2O6. The molecule has 0 saturated heterocycles. The predicted octanol–water partition coefficient (Wildman–Crippen LogP) is 5.49. The highest BCUT2D eigenvalue weighted by atomic mass is 79.9. The second-order valence-electron chi connectivity index (χ2n) is 8.36. The number of ether oxygens (including phenoxy) is 2. The Kier molecular flexibility index (Phi) is 6.32. The van der Waals surface area contributed by atoms with E-state index in [4.69, 9.17) is 9.47 Å². The van der Waals surface area contributed by atoms with E-state index in [1.807, 2.05) is 30.3 Å². The van der Waals surface area contributed by atoms with Crippen molar-refractivity contribution < 1.29 is 19.2 Å². The first-order valence-corrected chi connectivity index (χ1v) is 12.4. The van der Waals surface area contributed by atoms with E-state index in [0.717, 1.165) is 5.56 Å². The zero-order valence-electron chi connectivity index (χ0n) is 19.3. The molecule has 0 unspecified atom stereocenters. The first-order chi connectivity index (χ1) is 17.4. The standard InChI is InChI=1S/C27H21BrN2O6/c1-35-22-13-19-20(14-23(22)36-15-16-6-3-2-4-7-16)26(31)24-18-9-8-17(30(33)34)12-21(18)27(32)29(25(19)24)11-5-10-28/h2-4,6-9,12-14H,5,10-11,15H2,1H3. The van der Waals surface area contributed by atoms with E-state index in [9.17, 15) is 19.7 Å². The smallest absolute Gasteiger partial charge is 0.270 e. The Hall–Kier alpha value is -3.98. The van der Waals surface area contributed by atoms with Crippen LogP contribution in [-0.2, 0) is 13.2 Å². The molecule has 0 N–H and O–H groups in total. The molecule has 5 rings (SSSR count). The highest BCUT2D eigenvalue weighted by Gasteiger charge is 2.34. The number of alkyl halides is 1. The van der Waals surface area contributed by atoms with Gasteiger partial charge in [0.2, 0.25) is 0 Å². The van der Waals surface area contributed by atoms with Gasteiger partial charge in [-0.05, 0) is 30.2 Å². The summed E-state index contributed by atoms with van der Waals surface area (Å²) in [6.07, 6.45) is 0.631. The Labute approximate surface area is 214 Å². The second kappa shape index (κ2) is 9.58. The summed E-state index contributed by atoms with van der Waals surface area (Å²) in [5.74, 6) is 0.586. The molecule has 1 aliphatic rings. The number of ketones is 1. The number of nitro benzene ring substituents is 1. The van der Waals surface area contributed by atoms with E-state index in [1.165, 1.54) is 29.9 Å². The van der Waals surface area contributed by atoms with Crippen molar-refractivity contribution in [2.75, 3.05) is 12.4 Å². The average Bonchev–Trinajstić information content (AvgIpc) is 3.18. The molecule has 0 fully saturated rings. The normalized spacial score (nSPS) is 11.9. The number of fused-ring (bicyclic) bond motifs is 5. The predicted molar refractivity (Wildman–Crippen MR) is 139 cm³/mol. The minimum atomic E-state index is -0.549. The van der Waals surface area contributed by atoms with E-state index >= 15 is 0 Å². The van der Waals surface area contributed by atoms with Gasteiger partial charge in [0, 0.05) is 40.5 Å². The highest BCUT2D eigenvalue weighted by molar-refractivity contribution is 9.09. The fourth-order valence-corrected chi connectivity index (χ4v) is 4.83. The number of hydrogen-bond donors (Lipinski definition) is 0. The number of nitro groups is 1. The second-order valence-corrected chi connectivity index (χ2v) is 9.15. The lowest BCUT2D eigenvalue weighted by molar-refractivity contribution is -0.384. The molecule has 0 spiro atoms. The average molecular weight is 549 g/mol. The molecule has 0 aliphatic heterocycles. The van der Waals surface area contributed by atoms with E-state index in [1.54, 1.807) is 12.1 Å². The number of non-ortho nitro benzene ring substituents is 1. The lowest BCUT2D eigenvalue weighted by Crippen LogP contribution is -2.23. The summed E-state index contributed by atoms with van der Waals surface area (Å²) in [6, 6.07) is 17.0. The maximum absolute atomic E-state index is 13.7. The van der Waals surface area contributed by atoms with Crippen molar-refractivity contribution in [3.63, 3.8) is 0 Å². The van der Waals surface area contributed by atoms with Crippen LogP contribution < -0.4 is 15.0 Å². The van der Waals surface area contributed by atoms with Crippen LogP contribution in [0.15, 0.2) is 65.5 Å². The van der Waals surface area contributed by atoms with E-state index in [0.29, 0.717) is 64.2 Å². The monoisotopic (exact) mass is 548 g/mol. The van der Waals surface area contributed by atoms with Crippen molar-refractivity contribution >= 4 is 38.2 Å². The number of pyridine rings is 1. The lowest BCUT2D eigenvalue weighted by atomic mass is 10.0. The van der Waals surface area contributed by atoms with Gasteiger partial charge in [0.15, 0.2) is 17.3 Å². The molecule has 1 heterocycles. The van der Waals surface area contributed by atoms with E-state index in [2.05, 4.69) is 15.9 Å². The molecule has 0 atom stereocenters. The topological polar surface area (TPSA) is 101 Å². The van der Waals surface area contributed by atoms with Gasteiger partial charge in [-0.2, -0.15) is 0 Å². The molecule has 182 valence electrons. The molecule has 0 amide bonds. The van der Waals surface area contributed by atoms with Crippen LogP contribution in [0.25, 0.3) is 22.0 Å². The number of halogens is 1. The van der Waals surface area contributed by atoms with Crippen LogP contribution in [0.3, 0.4) is 0 Å². The maximum atomic E-state index is 13.7. The van der Waals surface area contributed by atoms with Crippen molar-refractivity contribution in [1.29, 1.82) is 0 Å². The fourth-order valence-electron chi connectivity index (χ4n) is 4.58. The molecule has 0 radical (unpaired) electrons. The fraction of sp³-hybridized carbons (Fsp3) is 0.185. The summed E-state index contributed by atoms with van der Waals surface area (Å²) in [5, 5.41) is 12.5. The molecule has 1 aromatic heterocycles. The third kappa shape index (κ3) is 3.95. The third-order valence-electron chi connectivity index (χ3n) is 6.25. The summed E-state index contributed by atoms with van der Waals surface area (Å²) in [5.41, 5.74) is 2.20. The SMILES string of the molecule is COc1cc2c(cc1OCc1ccccc1)C(=O)c1c-2n(CCCBr)c(=O)c2cc([N+](=O)[O-])ccc12. The zero-order valence-corrected chi connectivity index (χ0v) is 20.9. The largest absolute Gasteiger partial charge is 0.493 e. The Balaban J connectivity index is 1.70. The quantitative estimate of drug-likeness (QED) is 0.144. The van der Waals surface area contributed by atoms with Gasteiger partial charge in [-0.15, -0.1) is 0 Å². The van der Waals surface area contributed by atoms with Crippen LogP contribution in [0.4, 0.5) is 5.69 Å². The van der Waals surface area contributed by atoms with Crippen LogP contribution >= 0.6 is 15.9 Å². The summed E-state index contributed by atoms with van der Waals surface area (Å²) < 4.78 is 13.1. The van der Waals surface area contributed by atoms with Crippen molar-refractivity contribution in [3.8, 4) is 22.8 Å². The van der Waals surface area contributed by atoms with Crippen molar-refractivity contribution in [2.45, 2.75) is 19.6 Å². The molecule has 4 aromatic rings. The Bertz CT molecular complexity index is 1580. The van der Waals surface area contributed by atoms with Gasteiger partial charge >= 0.3 is 0 Å². The minimum absolute atomic E-state index is 0.145. The van der Waals surface area contributed by atoms with Crippen LogP contribution in [0.2, 0.25) is 0 Å². The molecule has 9 heteroatoms. The van der Waals surface area contributed by atoms with Crippen LogP contribution in [0.1, 0.15) is 27.9 Å². The number of methoxy groups -OCH3 is 1. The first-order valence-electron chi connectivity index (χ1n) is 11.3. The maximum Gasteiger partial charge on any atom is 0.270 e.